The molecule has 2 atom stereocenters. The second kappa shape index (κ2) is 13.6. The molecule has 2 heterocycles. The lowest BCUT2D eigenvalue weighted by Crippen LogP contribution is -2.55. The number of benzene rings is 1. The molecular formula is C24H37ClN4O6. The second-order valence-electron chi connectivity index (χ2n) is 8.85. The normalized spacial score (nSPS) is 20.2. The third-order valence-corrected chi connectivity index (χ3v) is 6.74. The summed E-state index contributed by atoms with van der Waals surface area (Å²) in [5.74, 6) is -0.0131. The lowest BCUT2D eigenvalue weighted by Gasteiger charge is -2.38. The van der Waals surface area contributed by atoms with E-state index in [9.17, 15) is 14.4 Å². The molecule has 2 unspecified atom stereocenters. The molecule has 2 aliphatic heterocycles. The zero-order valence-electron chi connectivity index (χ0n) is 20.7. The zero-order chi connectivity index (χ0) is 24.7. The van der Waals surface area contributed by atoms with Gasteiger partial charge in [-0.25, -0.2) is 0 Å². The summed E-state index contributed by atoms with van der Waals surface area (Å²) in [6, 6.07) is 2.87. The van der Waals surface area contributed by atoms with Gasteiger partial charge in [0.1, 0.15) is 5.75 Å². The Morgan fingerprint density at radius 3 is 2.49 bits per heavy atom. The number of piperidine rings is 1. The number of amides is 3. The van der Waals surface area contributed by atoms with Crippen LogP contribution >= 0.6 is 11.6 Å². The summed E-state index contributed by atoms with van der Waals surface area (Å²) in [5, 5.41) is 5.93. The summed E-state index contributed by atoms with van der Waals surface area (Å²) in [5.41, 5.74) is 0.674. The minimum atomic E-state index is -0.315. The van der Waals surface area contributed by atoms with Crippen molar-refractivity contribution in [3.05, 3.63) is 22.7 Å². The number of hydrogen-bond donors (Lipinski definition) is 2. The lowest BCUT2D eigenvalue weighted by atomic mass is 10.0. The van der Waals surface area contributed by atoms with Crippen molar-refractivity contribution in [3.63, 3.8) is 0 Å². The molecular weight excluding hydrogens is 476 g/mol. The molecule has 2 fully saturated rings. The highest BCUT2D eigenvalue weighted by molar-refractivity contribution is 6.34. The molecule has 0 radical (unpaired) electrons. The van der Waals surface area contributed by atoms with Crippen molar-refractivity contribution in [2.24, 2.45) is 0 Å². The Balaban J connectivity index is 0.00000432. The molecule has 2 saturated heterocycles. The van der Waals surface area contributed by atoms with Crippen molar-refractivity contribution in [2.45, 2.75) is 51.2 Å². The topological polar surface area (TPSA) is 132 Å². The first kappa shape index (κ1) is 28.8. The van der Waals surface area contributed by atoms with Crippen LogP contribution in [0.4, 0.5) is 5.69 Å². The summed E-state index contributed by atoms with van der Waals surface area (Å²) >= 11 is 6.27. The Kier molecular flexibility index (Phi) is 11.2. The molecule has 0 saturated carbocycles. The summed E-state index contributed by atoms with van der Waals surface area (Å²) in [6.07, 6.45) is 4.16. The van der Waals surface area contributed by atoms with E-state index in [4.69, 9.17) is 21.1 Å². The van der Waals surface area contributed by atoms with E-state index in [1.54, 1.807) is 13.2 Å². The fraction of sp³-hybridized carbons (Fsp3) is 0.625. The van der Waals surface area contributed by atoms with E-state index >= 15 is 0 Å². The number of methoxy groups -OCH3 is 2. The number of likely N-dealkylation sites (tertiary alicyclic amines) is 2. The third kappa shape index (κ3) is 7.79. The van der Waals surface area contributed by atoms with Crippen molar-refractivity contribution in [1.29, 1.82) is 0 Å². The van der Waals surface area contributed by atoms with Gasteiger partial charge in [-0.15, -0.1) is 0 Å². The Labute approximate surface area is 211 Å². The quantitative estimate of drug-likeness (QED) is 0.517. The van der Waals surface area contributed by atoms with Gasteiger partial charge in [0, 0.05) is 52.7 Å². The average Bonchev–Trinajstić information content (AvgIpc) is 3.35. The molecule has 10 nitrogen and oxygen atoms in total. The maximum atomic E-state index is 13.0. The maximum absolute atomic E-state index is 13.0. The first-order valence-electron chi connectivity index (χ1n) is 11.8. The number of hydrogen-bond acceptors (Lipinski definition) is 6. The van der Waals surface area contributed by atoms with Crippen LogP contribution in [0.15, 0.2) is 12.1 Å². The smallest absolute Gasteiger partial charge is 0.255 e. The fourth-order valence-electron chi connectivity index (χ4n) is 4.60. The van der Waals surface area contributed by atoms with E-state index in [2.05, 4.69) is 15.5 Å². The van der Waals surface area contributed by atoms with Crippen molar-refractivity contribution in [2.75, 3.05) is 52.3 Å². The number of nitrogens with one attached hydrogen (secondary N) is 2. The van der Waals surface area contributed by atoms with Crippen LogP contribution < -0.4 is 15.4 Å². The third-order valence-electron chi connectivity index (χ3n) is 6.43. The summed E-state index contributed by atoms with van der Waals surface area (Å²) in [6.45, 7) is 5.48. The van der Waals surface area contributed by atoms with E-state index < -0.39 is 0 Å². The van der Waals surface area contributed by atoms with Crippen molar-refractivity contribution < 1.29 is 29.3 Å². The molecule has 2 aliphatic rings. The van der Waals surface area contributed by atoms with Gasteiger partial charge in [0.05, 0.1) is 35.5 Å². The Morgan fingerprint density at radius 1 is 1.14 bits per heavy atom. The van der Waals surface area contributed by atoms with Gasteiger partial charge in [0.25, 0.3) is 5.91 Å². The highest BCUT2D eigenvalue weighted by atomic mass is 35.5. The lowest BCUT2D eigenvalue weighted by molar-refractivity contribution is -0.130. The van der Waals surface area contributed by atoms with E-state index in [-0.39, 0.29) is 40.4 Å². The van der Waals surface area contributed by atoms with E-state index in [1.807, 2.05) is 4.90 Å². The number of carbonyl (C=O) groups excluding carboxylic acids is 3. The monoisotopic (exact) mass is 512 g/mol. The van der Waals surface area contributed by atoms with Crippen LogP contribution in [0.2, 0.25) is 5.02 Å². The predicted molar refractivity (Wildman–Crippen MR) is 134 cm³/mol. The number of anilines is 1. The number of halogens is 1. The predicted octanol–water partition coefficient (Wildman–Crippen LogP) is 1.70. The van der Waals surface area contributed by atoms with Crippen LogP contribution in [0.1, 0.15) is 49.4 Å². The summed E-state index contributed by atoms with van der Waals surface area (Å²) in [7, 11) is 3.10. The first-order valence-corrected chi connectivity index (χ1v) is 12.2. The van der Waals surface area contributed by atoms with Gasteiger partial charge in [-0.2, -0.15) is 0 Å². The van der Waals surface area contributed by atoms with Crippen molar-refractivity contribution in [1.82, 2.24) is 15.1 Å². The highest BCUT2D eigenvalue weighted by Crippen LogP contribution is 2.31. The van der Waals surface area contributed by atoms with Crippen LogP contribution in [0.25, 0.3) is 0 Å². The summed E-state index contributed by atoms with van der Waals surface area (Å²) in [4.78, 5) is 40.9. The van der Waals surface area contributed by atoms with Crippen LogP contribution in [-0.4, -0.2) is 92.1 Å². The molecule has 0 aliphatic carbocycles. The molecule has 4 N–H and O–H groups in total. The van der Waals surface area contributed by atoms with E-state index in [1.165, 1.54) is 20.1 Å². The van der Waals surface area contributed by atoms with Gasteiger partial charge in [0.15, 0.2) is 0 Å². The van der Waals surface area contributed by atoms with Gasteiger partial charge < -0.3 is 35.4 Å². The second-order valence-corrected chi connectivity index (χ2v) is 9.26. The molecule has 0 bridgehead atoms. The zero-order valence-corrected chi connectivity index (χ0v) is 21.5. The summed E-state index contributed by atoms with van der Waals surface area (Å²) < 4.78 is 11.0. The van der Waals surface area contributed by atoms with E-state index in [0.29, 0.717) is 30.0 Å². The van der Waals surface area contributed by atoms with Crippen LogP contribution in [-0.2, 0) is 14.3 Å². The van der Waals surface area contributed by atoms with Crippen LogP contribution in [0.5, 0.6) is 5.75 Å². The molecule has 11 heteroatoms. The van der Waals surface area contributed by atoms with Gasteiger partial charge >= 0.3 is 0 Å². The molecule has 196 valence electrons. The highest BCUT2D eigenvalue weighted by Gasteiger charge is 2.31. The van der Waals surface area contributed by atoms with Gasteiger partial charge in [-0.3, -0.25) is 14.4 Å². The molecule has 3 amide bonds. The number of ether oxygens (including phenoxy) is 2. The van der Waals surface area contributed by atoms with Crippen LogP contribution in [0, 0.1) is 0 Å². The minimum Gasteiger partial charge on any atom is -0.496 e. The molecule has 1 aromatic rings. The number of nitrogens with zero attached hydrogens (tertiary/aromatic N) is 2. The van der Waals surface area contributed by atoms with Gasteiger partial charge in [-0.1, -0.05) is 11.6 Å². The van der Waals surface area contributed by atoms with Gasteiger partial charge in [-0.05, 0) is 38.3 Å². The van der Waals surface area contributed by atoms with Gasteiger partial charge in [0.2, 0.25) is 11.8 Å². The van der Waals surface area contributed by atoms with E-state index in [0.717, 1.165) is 51.9 Å². The molecule has 35 heavy (non-hydrogen) atoms. The Hall–Kier alpha value is -2.40. The number of carbonyl (C=O) groups is 3. The van der Waals surface area contributed by atoms with Crippen molar-refractivity contribution in [3.8, 4) is 5.75 Å². The fourth-order valence-corrected chi connectivity index (χ4v) is 4.81. The number of rotatable bonds is 9. The standard InChI is InChI=1S/C24H35ClN4O5.H2O/c1-16(30)26-20-14-21(33-2)17(13-18(20)25)24(32)27-19-8-12-28(15-22(19)34-3)9-6-7-23(31)29-10-4-5-11-29;/h13-14,19,22H,4-12,15H2,1-3H3,(H,26,30)(H,27,32);1H2. The molecule has 3 rings (SSSR count). The Morgan fingerprint density at radius 2 is 1.86 bits per heavy atom. The first-order chi connectivity index (χ1) is 16.3. The largest absolute Gasteiger partial charge is 0.496 e. The molecule has 0 aromatic heterocycles. The molecule has 0 spiro atoms. The maximum Gasteiger partial charge on any atom is 0.255 e. The Bertz CT molecular complexity index is 893. The molecule has 1 aromatic carbocycles. The SMILES string of the molecule is COc1cc(NC(C)=O)c(Cl)cc1C(=O)NC1CCN(CCCC(=O)N2CCCC2)CC1OC.O. The van der Waals surface area contributed by atoms with Crippen molar-refractivity contribution >= 4 is 35.0 Å². The van der Waals surface area contributed by atoms with Crippen LogP contribution in [0.3, 0.4) is 0 Å². The minimum absolute atomic E-state index is 0. The average molecular weight is 513 g/mol.